The van der Waals surface area contributed by atoms with Gasteiger partial charge in [-0.15, -0.1) is 11.3 Å². The van der Waals surface area contributed by atoms with Crippen LogP contribution in [0.5, 0.6) is 0 Å². The van der Waals surface area contributed by atoms with Gasteiger partial charge in [0.15, 0.2) is 5.82 Å². The predicted octanol–water partition coefficient (Wildman–Crippen LogP) is 0.754. The summed E-state index contributed by atoms with van der Waals surface area (Å²) in [6.45, 7) is 0.677. The highest BCUT2D eigenvalue weighted by Gasteiger charge is 2.16. The van der Waals surface area contributed by atoms with E-state index in [1.807, 2.05) is 24.4 Å². The molecule has 0 saturated heterocycles. The maximum atomic E-state index is 5.92. The average molecular weight is 239 g/mol. The fraction of sp³-hybridized carbons (Fsp3) is 0.444. The SMILES string of the molecule is CN(C)CC(N)c1noc(-c2cscn2)n1. The first kappa shape index (κ1) is 11.2. The molecule has 0 spiro atoms. The van der Waals surface area contributed by atoms with Crippen LogP contribution >= 0.6 is 11.3 Å². The highest BCUT2D eigenvalue weighted by molar-refractivity contribution is 7.07. The molecule has 0 radical (unpaired) electrons. The van der Waals surface area contributed by atoms with Crippen molar-refractivity contribution in [3.05, 3.63) is 16.7 Å². The molecule has 1 atom stereocenters. The summed E-state index contributed by atoms with van der Waals surface area (Å²) in [6.07, 6.45) is 0. The molecule has 0 aromatic carbocycles. The number of hydrogen-bond donors (Lipinski definition) is 1. The Morgan fingerprint density at radius 3 is 3.00 bits per heavy atom. The van der Waals surface area contributed by atoms with Crippen LogP contribution in [0.2, 0.25) is 0 Å². The van der Waals surface area contributed by atoms with E-state index in [0.717, 1.165) is 0 Å². The quantitative estimate of drug-likeness (QED) is 0.848. The molecule has 7 heteroatoms. The zero-order chi connectivity index (χ0) is 11.5. The molecule has 0 amide bonds. The Bertz CT molecular complexity index is 438. The lowest BCUT2D eigenvalue weighted by atomic mass is 10.3. The Labute approximate surface area is 97.1 Å². The van der Waals surface area contributed by atoms with Gasteiger partial charge in [-0.05, 0) is 14.1 Å². The Kier molecular flexibility index (Phi) is 3.28. The second-order valence-electron chi connectivity index (χ2n) is 3.70. The lowest BCUT2D eigenvalue weighted by Crippen LogP contribution is -2.26. The van der Waals surface area contributed by atoms with E-state index in [1.54, 1.807) is 5.51 Å². The molecule has 6 nitrogen and oxygen atoms in total. The van der Waals surface area contributed by atoms with Gasteiger partial charge in [0, 0.05) is 11.9 Å². The van der Waals surface area contributed by atoms with Crippen molar-refractivity contribution in [2.45, 2.75) is 6.04 Å². The van der Waals surface area contributed by atoms with Crippen molar-refractivity contribution in [1.29, 1.82) is 0 Å². The molecule has 2 N–H and O–H groups in total. The standard InChI is InChI=1S/C9H13N5OS/c1-14(2)3-6(10)8-12-9(15-13-8)7-4-16-5-11-7/h4-6H,3,10H2,1-2H3. The molecule has 16 heavy (non-hydrogen) atoms. The third-order valence-corrected chi connectivity index (χ3v) is 2.57. The molecule has 0 bridgehead atoms. The van der Waals surface area contributed by atoms with Gasteiger partial charge in [0.25, 0.3) is 5.89 Å². The third kappa shape index (κ3) is 2.43. The number of hydrogen-bond acceptors (Lipinski definition) is 7. The summed E-state index contributed by atoms with van der Waals surface area (Å²) < 4.78 is 5.10. The minimum absolute atomic E-state index is 0.244. The number of rotatable bonds is 4. The molecule has 1 unspecified atom stereocenters. The summed E-state index contributed by atoms with van der Waals surface area (Å²) in [5.74, 6) is 0.933. The monoisotopic (exact) mass is 239 g/mol. The second-order valence-corrected chi connectivity index (χ2v) is 4.42. The number of likely N-dealkylation sites (N-methyl/N-ethyl adjacent to an activating group) is 1. The number of nitrogens with zero attached hydrogens (tertiary/aromatic N) is 4. The lowest BCUT2D eigenvalue weighted by Gasteiger charge is -2.12. The van der Waals surface area contributed by atoms with Crippen molar-refractivity contribution in [3.8, 4) is 11.6 Å². The van der Waals surface area contributed by atoms with Crippen LogP contribution in [0, 0.1) is 0 Å². The first-order valence-corrected chi connectivity index (χ1v) is 5.73. The van der Waals surface area contributed by atoms with Crippen molar-refractivity contribution < 1.29 is 4.52 Å². The summed E-state index contributed by atoms with van der Waals surface area (Å²) in [4.78, 5) is 10.3. The molecule has 2 rings (SSSR count). The first-order valence-electron chi connectivity index (χ1n) is 4.79. The molecule has 2 aromatic rings. The van der Waals surface area contributed by atoms with E-state index in [-0.39, 0.29) is 6.04 Å². The maximum Gasteiger partial charge on any atom is 0.277 e. The molecule has 2 heterocycles. The van der Waals surface area contributed by atoms with Crippen LogP contribution in [0.3, 0.4) is 0 Å². The minimum atomic E-state index is -0.244. The van der Waals surface area contributed by atoms with E-state index in [9.17, 15) is 0 Å². The summed E-state index contributed by atoms with van der Waals surface area (Å²) in [5.41, 5.74) is 8.33. The zero-order valence-electron chi connectivity index (χ0n) is 9.12. The Morgan fingerprint density at radius 1 is 1.56 bits per heavy atom. The van der Waals surface area contributed by atoms with Gasteiger partial charge in [-0.1, -0.05) is 5.16 Å². The third-order valence-electron chi connectivity index (χ3n) is 1.99. The van der Waals surface area contributed by atoms with Gasteiger partial charge in [-0.25, -0.2) is 4.98 Å². The largest absolute Gasteiger partial charge is 0.332 e. The normalized spacial score (nSPS) is 13.2. The van der Waals surface area contributed by atoms with E-state index in [4.69, 9.17) is 10.3 Å². The molecular formula is C9H13N5OS. The molecule has 0 fully saturated rings. The van der Waals surface area contributed by atoms with Gasteiger partial charge < -0.3 is 15.2 Å². The van der Waals surface area contributed by atoms with Crippen molar-refractivity contribution in [2.24, 2.45) is 5.73 Å². The zero-order valence-corrected chi connectivity index (χ0v) is 9.94. The van der Waals surface area contributed by atoms with E-state index in [1.165, 1.54) is 11.3 Å². The van der Waals surface area contributed by atoms with Crippen LogP contribution in [0.1, 0.15) is 11.9 Å². The fourth-order valence-electron chi connectivity index (χ4n) is 1.28. The van der Waals surface area contributed by atoms with E-state index in [0.29, 0.717) is 24.0 Å². The summed E-state index contributed by atoms with van der Waals surface area (Å²) >= 11 is 1.48. The van der Waals surface area contributed by atoms with Crippen LogP contribution < -0.4 is 5.73 Å². The molecule has 0 saturated carbocycles. The smallest absolute Gasteiger partial charge is 0.277 e. The summed E-state index contributed by atoms with van der Waals surface area (Å²) in [7, 11) is 3.89. The Balaban J connectivity index is 2.13. The van der Waals surface area contributed by atoms with Crippen molar-refractivity contribution >= 4 is 11.3 Å². The first-order chi connectivity index (χ1) is 7.66. The topological polar surface area (TPSA) is 81.1 Å². The Hall–Kier alpha value is -1.31. The highest BCUT2D eigenvalue weighted by atomic mass is 32.1. The Morgan fingerprint density at radius 2 is 2.38 bits per heavy atom. The van der Waals surface area contributed by atoms with Crippen LogP contribution in [0.25, 0.3) is 11.6 Å². The number of aromatic nitrogens is 3. The van der Waals surface area contributed by atoms with E-state index in [2.05, 4.69) is 15.1 Å². The van der Waals surface area contributed by atoms with Gasteiger partial charge in [-0.2, -0.15) is 4.98 Å². The molecule has 0 aliphatic rings. The molecule has 0 aliphatic carbocycles. The van der Waals surface area contributed by atoms with Crippen LogP contribution in [0.15, 0.2) is 15.4 Å². The van der Waals surface area contributed by atoms with E-state index < -0.39 is 0 Å². The van der Waals surface area contributed by atoms with Crippen molar-refractivity contribution in [2.75, 3.05) is 20.6 Å². The number of thiazole rings is 1. The average Bonchev–Trinajstić information content (AvgIpc) is 2.87. The van der Waals surface area contributed by atoms with Crippen molar-refractivity contribution in [1.82, 2.24) is 20.0 Å². The van der Waals surface area contributed by atoms with Gasteiger partial charge >= 0.3 is 0 Å². The van der Waals surface area contributed by atoms with Crippen LogP contribution in [0.4, 0.5) is 0 Å². The predicted molar refractivity (Wildman–Crippen MR) is 60.9 cm³/mol. The van der Waals surface area contributed by atoms with Crippen molar-refractivity contribution in [3.63, 3.8) is 0 Å². The molecule has 0 aliphatic heterocycles. The molecular weight excluding hydrogens is 226 g/mol. The van der Waals surface area contributed by atoms with Gasteiger partial charge in [-0.3, -0.25) is 0 Å². The van der Waals surface area contributed by atoms with Crippen LogP contribution in [-0.4, -0.2) is 40.7 Å². The lowest BCUT2D eigenvalue weighted by molar-refractivity contribution is 0.357. The highest BCUT2D eigenvalue weighted by Crippen LogP contribution is 2.18. The molecule has 2 aromatic heterocycles. The summed E-state index contributed by atoms with van der Waals surface area (Å²) in [6, 6.07) is -0.244. The number of nitrogens with two attached hydrogens (primary N) is 1. The maximum absolute atomic E-state index is 5.92. The molecule has 86 valence electrons. The summed E-state index contributed by atoms with van der Waals surface area (Å²) in [5, 5.41) is 5.71. The fourth-order valence-corrected chi connectivity index (χ4v) is 1.81. The van der Waals surface area contributed by atoms with Gasteiger partial charge in [0.05, 0.1) is 11.6 Å². The van der Waals surface area contributed by atoms with E-state index >= 15 is 0 Å². The second kappa shape index (κ2) is 4.69. The van der Waals surface area contributed by atoms with Gasteiger partial charge in [0.2, 0.25) is 0 Å². The van der Waals surface area contributed by atoms with Crippen LogP contribution in [-0.2, 0) is 0 Å². The van der Waals surface area contributed by atoms with Gasteiger partial charge in [0.1, 0.15) is 5.69 Å². The minimum Gasteiger partial charge on any atom is -0.332 e.